The van der Waals surface area contributed by atoms with Crippen LogP contribution >= 0.6 is 42.7 Å². The van der Waals surface area contributed by atoms with Crippen LogP contribution in [0.3, 0.4) is 0 Å². The summed E-state index contributed by atoms with van der Waals surface area (Å²) >= 11 is 17.2. The molecule has 0 radical (unpaired) electrons. The highest BCUT2D eigenvalue weighted by Crippen LogP contribution is 2.36. The van der Waals surface area contributed by atoms with Gasteiger partial charge in [0.25, 0.3) is 15.7 Å². The molecule has 0 aliphatic carbocycles. The Bertz CT molecular complexity index is 1010. The van der Waals surface area contributed by atoms with Crippen LogP contribution < -0.4 is 15.9 Å². The van der Waals surface area contributed by atoms with Crippen molar-refractivity contribution in [2.24, 2.45) is 0 Å². The third-order valence-electron chi connectivity index (χ3n) is 4.06. The first-order valence-corrected chi connectivity index (χ1v) is 10.6. The van der Waals surface area contributed by atoms with E-state index < -0.39 is 23.6 Å². The van der Waals surface area contributed by atoms with E-state index in [4.69, 9.17) is 34.8 Å². The molecular formula is C21H12Cl3O3P. The van der Waals surface area contributed by atoms with Gasteiger partial charge in [0.2, 0.25) is 0 Å². The summed E-state index contributed by atoms with van der Waals surface area (Å²) in [7, 11) is -1.24. The van der Waals surface area contributed by atoms with Gasteiger partial charge in [-0.25, -0.2) is 0 Å². The van der Waals surface area contributed by atoms with Gasteiger partial charge in [-0.05, 0) is 64.7 Å². The van der Waals surface area contributed by atoms with Crippen LogP contribution in [0.25, 0.3) is 0 Å². The highest BCUT2D eigenvalue weighted by molar-refractivity contribution is 7.80. The monoisotopic (exact) mass is 448 g/mol. The molecule has 0 atom stereocenters. The second-order valence-corrected chi connectivity index (χ2v) is 8.93. The van der Waals surface area contributed by atoms with Gasteiger partial charge in [-0.1, -0.05) is 66.7 Å². The maximum Gasteiger partial charge on any atom is 0.253 e. The molecule has 0 spiro atoms. The third kappa shape index (κ3) is 4.19. The van der Waals surface area contributed by atoms with Gasteiger partial charge in [0, 0.05) is 5.56 Å². The topological polar surface area (TPSA) is 51.2 Å². The smallest absolute Gasteiger partial charge is 0.253 e. The molecule has 0 aromatic heterocycles. The van der Waals surface area contributed by atoms with E-state index in [-0.39, 0.29) is 16.7 Å². The number of carbonyl (C=O) groups excluding carboxylic acids is 3. The molecule has 3 aromatic carbocycles. The molecule has 0 bridgehead atoms. The summed E-state index contributed by atoms with van der Waals surface area (Å²) in [6.45, 7) is 0. The summed E-state index contributed by atoms with van der Waals surface area (Å²) in [5.74, 6) is 0. The molecule has 0 aliphatic heterocycles. The Hall–Kier alpha value is -2.03. The van der Waals surface area contributed by atoms with Crippen LogP contribution in [0, 0.1) is 0 Å². The van der Waals surface area contributed by atoms with Crippen molar-refractivity contribution >= 4 is 74.4 Å². The summed E-state index contributed by atoms with van der Waals surface area (Å²) in [4.78, 5) is 36.2. The molecule has 0 aliphatic rings. The number of hydrogen-bond donors (Lipinski definition) is 0. The molecule has 0 heterocycles. The fourth-order valence-electron chi connectivity index (χ4n) is 2.93. The van der Waals surface area contributed by atoms with E-state index in [0.29, 0.717) is 5.30 Å². The minimum absolute atomic E-state index is 0.0908. The van der Waals surface area contributed by atoms with Gasteiger partial charge in [-0.2, -0.15) is 0 Å². The predicted molar refractivity (Wildman–Crippen MR) is 116 cm³/mol. The Morgan fingerprint density at radius 1 is 0.571 bits per heavy atom. The lowest BCUT2D eigenvalue weighted by molar-refractivity contribution is 0.104. The fourth-order valence-corrected chi connectivity index (χ4v) is 6.00. The van der Waals surface area contributed by atoms with E-state index in [2.05, 4.69) is 0 Å². The maximum atomic E-state index is 12.3. The molecule has 140 valence electrons. The minimum atomic E-state index is -1.24. The number of halogens is 3. The predicted octanol–water partition coefficient (Wildman–Crippen LogP) is 4.58. The Labute approximate surface area is 178 Å². The maximum absolute atomic E-state index is 12.3. The van der Waals surface area contributed by atoms with Crippen LogP contribution in [-0.4, -0.2) is 15.7 Å². The molecule has 0 fully saturated rings. The molecular weight excluding hydrogens is 438 g/mol. The van der Waals surface area contributed by atoms with Crippen LogP contribution in [0.15, 0.2) is 72.8 Å². The van der Waals surface area contributed by atoms with Crippen LogP contribution in [0.4, 0.5) is 0 Å². The van der Waals surface area contributed by atoms with Crippen molar-refractivity contribution in [2.45, 2.75) is 0 Å². The SMILES string of the molecule is O=C(Cl)c1ccc(P(c2ccccc2)c2ccccc2)c(C(=O)Cl)c1C(=O)Cl. The number of rotatable bonds is 6. The molecule has 3 rings (SSSR count). The molecule has 28 heavy (non-hydrogen) atoms. The molecule has 0 N–H and O–H groups in total. The first kappa shape index (κ1) is 20.7. The second-order valence-electron chi connectivity index (χ2n) is 5.71. The number of hydrogen-bond acceptors (Lipinski definition) is 3. The van der Waals surface area contributed by atoms with Gasteiger partial charge < -0.3 is 0 Å². The van der Waals surface area contributed by atoms with Crippen molar-refractivity contribution in [1.29, 1.82) is 0 Å². The Balaban J connectivity index is 2.38. The first-order chi connectivity index (χ1) is 13.4. The van der Waals surface area contributed by atoms with Gasteiger partial charge in [-0.15, -0.1) is 0 Å². The fraction of sp³-hybridized carbons (Fsp3) is 0. The Morgan fingerprint density at radius 2 is 1.04 bits per heavy atom. The molecule has 3 nitrogen and oxygen atoms in total. The lowest BCUT2D eigenvalue weighted by atomic mass is 10.0. The van der Waals surface area contributed by atoms with Crippen LogP contribution in [0.2, 0.25) is 0 Å². The Morgan fingerprint density at radius 3 is 1.43 bits per heavy atom. The average molecular weight is 450 g/mol. The lowest BCUT2D eigenvalue weighted by Gasteiger charge is -2.23. The van der Waals surface area contributed by atoms with E-state index in [1.54, 1.807) is 6.07 Å². The standard InChI is InChI=1S/C21H12Cl3O3P/c22-19(25)15-11-12-16(18(21(24)27)17(15)20(23)26)28(13-7-3-1-4-8-13)14-9-5-2-6-10-14/h1-12H. The van der Waals surface area contributed by atoms with E-state index in [0.717, 1.165) is 10.6 Å². The molecule has 0 saturated heterocycles. The average Bonchev–Trinajstić information content (AvgIpc) is 2.69. The summed E-state index contributed by atoms with van der Waals surface area (Å²) in [5, 5.41) is -0.317. The van der Waals surface area contributed by atoms with Crippen LogP contribution in [-0.2, 0) is 0 Å². The first-order valence-electron chi connectivity index (χ1n) is 8.08. The largest absolute Gasteiger partial charge is 0.276 e. The van der Waals surface area contributed by atoms with E-state index >= 15 is 0 Å². The zero-order chi connectivity index (χ0) is 20.3. The van der Waals surface area contributed by atoms with Crippen molar-refractivity contribution in [3.8, 4) is 0 Å². The van der Waals surface area contributed by atoms with Gasteiger partial charge in [0.15, 0.2) is 0 Å². The van der Waals surface area contributed by atoms with Gasteiger partial charge in [-0.3, -0.25) is 14.4 Å². The molecule has 3 aromatic rings. The van der Waals surface area contributed by atoms with Gasteiger partial charge >= 0.3 is 0 Å². The second kappa shape index (κ2) is 8.98. The van der Waals surface area contributed by atoms with E-state index in [1.165, 1.54) is 6.07 Å². The minimum Gasteiger partial charge on any atom is -0.276 e. The number of benzene rings is 3. The zero-order valence-corrected chi connectivity index (χ0v) is 17.4. The Kier molecular flexibility index (Phi) is 6.64. The van der Waals surface area contributed by atoms with Crippen molar-refractivity contribution in [3.63, 3.8) is 0 Å². The summed E-state index contributed by atoms with van der Waals surface area (Å²) in [6.07, 6.45) is 0. The normalized spacial score (nSPS) is 10.7. The summed E-state index contributed by atoms with van der Waals surface area (Å²) in [5.41, 5.74) is -0.504. The van der Waals surface area contributed by atoms with Crippen molar-refractivity contribution in [1.82, 2.24) is 0 Å². The van der Waals surface area contributed by atoms with Crippen molar-refractivity contribution < 1.29 is 14.4 Å². The molecule has 0 saturated carbocycles. The van der Waals surface area contributed by atoms with E-state index in [9.17, 15) is 14.4 Å². The summed E-state index contributed by atoms with van der Waals surface area (Å²) in [6, 6.07) is 22.1. The van der Waals surface area contributed by atoms with Gasteiger partial charge in [0.1, 0.15) is 0 Å². The highest BCUT2D eigenvalue weighted by atomic mass is 35.5. The van der Waals surface area contributed by atoms with Crippen molar-refractivity contribution in [3.05, 3.63) is 89.5 Å². The van der Waals surface area contributed by atoms with Crippen LogP contribution in [0.5, 0.6) is 0 Å². The van der Waals surface area contributed by atoms with Crippen molar-refractivity contribution in [2.75, 3.05) is 0 Å². The molecule has 0 amide bonds. The van der Waals surface area contributed by atoms with E-state index in [1.807, 2.05) is 60.7 Å². The number of carbonyl (C=O) groups is 3. The molecule has 0 unspecified atom stereocenters. The van der Waals surface area contributed by atoms with Crippen LogP contribution in [0.1, 0.15) is 31.1 Å². The zero-order valence-electron chi connectivity index (χ0n) is 14.2. The highest BCUT2D eigenvalue weighted by Gasteiger charge is 2.29. The summed E-state index contributed by atoms with van der Waals surface area (Å²) < 4.78 is 0. The quantitative estimate of drug-likeness (QED) is 0.409. The molecule has 7 heteroatoms. The lowest BCUT2D eigenvalue weighted by Crippen LogP contribution is -2.27. The van der Waals surface area contributed by atoms with Gasteiger partial charge in [0.05, 0.1) is 11.1 Å². The third-order valence-corrected chi connectivity index (χ3v) is 7.12.